The third-order valence-corrected chi connectivity index (χ3v) is 5.44. The van der Waals surface area contributed by atoms with Crippen LogP contribution in [0.25, 0.3) is 0 Å². The van der Waals surface area contributed by atoms with Crippen molar-refractivity contribution in [3.8, 4) is 0 Å². The summed E-state index contributed by atoms with van der Waals surface area (Å²) in [6.45, 7) is 5.53. The van der Waals surface area contributed by atoms with Crippen LogP contribution in [0.2, 0.25) is 0 Å². The molecule has 0 aliphatic heterocycles. The van der Waals surface area contributed by atoms with E-state index >= 15 is 0 Å². The summed E-state index contributed by atoms with van der Waals surface area (Å²) < 4.78 is 52.6. The minimum Gasteiger partial charge on any atom is -0.367 e. The molecule has 0 spiro atoms. The van der Waals surface area contributed by atoms with Crippen LogP contribution in [0.4, 0.5) is 13.2 Å². The highest BCUT2D eigenvalue weighted by Gasteiger charge is 2.27. The SMILES string of the molecule is CN=C(NCCS(=O)C(C)(C)C)NCc1ccc(COCC(F)(F)F)cc1. The Kier molecular flexibility index (Phi) is 9.25. The molecule has 0 amide bonds. The van der Waals surface area contributed by atoms with Gasteiger partial charge in [0.15, 0.2) is 5.96 Å². The fraction of sp³-hybridized carbons (Fsp3) is 0.611. The Hall–Kier alpha value is -1.61. The highest BCUT2D eigenvalue weighted by Crippen LogP contribution is 2.16. The van der Waals surface area contributed by atoms with Crippen LogP contribution in [0.1, 0.15) is 31.9 Å². The third-order valence-electron chi connectivity index (χ3n) is 3.50. The number of aliphatic imine (C=N–C) groups is 1. The molecular weight excluding hydrogens is 379 g/mol. The van der Waals surface area contributed by atoms with Crippen molar-refractivity contribution in [3.05, 3.63) is 35.4 Å². The molecule has 27 heavy (non-hydrogen) atoms. The lowest BCUT2D eigenvalue weighted by atomic mass is 10.1. The second kappa shape index (κ2) is 10.7. The Morgan fingerprint density at radius 2 is 1.70 bits per heavy atom. The predicted octanol–water partition coefficient (Wildman–Crippen LogP) is 2.98. The number of halogens is 3. The quantitative estimate of drug-likeness (QED) is 0.514. The minimum absolute atomic E-state index is 0.0820. The van der Waals surface area contributed by atoms with E-state index in [1.165, 1.54) is 0 Å². The zero-order chi connectivity index (χ0) is 20.5. The van der Waals surface area contributed by atoms with E-state index in [1.54, 1.807) is 19.2 Å². The van der Waals surface area contributed by atoms with E-state index in [0.29, 0.717) is 30.4 Å². The van der Waals surface area contributed by atoms with Gasteiger partial charge >= 0.3 is 6.18 Å². The smallest absolute Gasteiger partial charge is 0.367 e. The first kappa shape index (κ1) is 23.4. The third kappa shape index (κ3) is 10.3. The van der Waals surface area contributed by atoms with Crippen LogP contribution in [-0.4, -0.2) is 47.0 Å². The number of nitrogens with zero attached hydrogens (tertiary/aromatic N) is 1. The molecule has 0 saturated heterocycles. The molecule has 0 bridgehead atoms. The first-order valence-electron chi connectivity index (χ1n) is 8.56. The molecule has 0 heterocycles. The van der Waals surface area contributed by atoms with Crippen LogP contribution >= 0.6 is 0 Å². The molecular formula is C18H28F3N3O2S. The highest BCUT2D eigenvalue weighted by molar-refractivity contribution is 7.86. The Balaban J connectivity index is 2.37. The predicted molar refractivity (Wildman–Crippen MR) is 103 cm³/mol. The van der Waals surface area contributed by atoms with Gasteiger partial charge in [0.1, 0.15) is 6.61 Å². The Morgan fingerprint density at radius 1 is 1.11 bits per heavy atom. The van der Waals surface area contributed by atoms with E-state index < -0.39 is 23.6 Å². The van der Waals surface area contributed by atoms with Gasteiger partial charge in [0.2, 0.25) is 0 Å². The number of ether oxygens (including phenoxy) is 1. The fourth-order valence-electron chi connectivity index (χ4n) is 2.01. The lowest BCUT2D eigenvalue weighted by Crippen LogP contribution is -2.40. The van der Waals surface area contributed by atoms with Gasteiger partial charge in [-0.15, -0.1) is 0 Å². The molecule has 154 valence electrons. The van der Waals surface area contributed by atoms with Crippen LogP contribution < -0.4 is 10.6 Å². The Morgan fingerprint density at radius 3 is 2.22 bits per heavy atom. The van der Waals surface area contributed by atoms with E-state index in [0.717, 1.165) is 5.56 Å². The highest BCUT2D eigenvalue weighted by atomic mass is 32.2. The molecule has 2 N–H and O–H groups in total. The van der Waals surface area contributed by atoms with Crippen LogP contribution in [0.5, 0.6) is 0 Å². The van der Waals surface area contributed by atoms with Gasteiger partial charge in [-0.25, -0.2) is 0 Å². The summed E-state index contributed by atoms with van der Waals surface area (Å²) in [6, 6.07) is 7.11. The van der Waals surface area contributed by atoms with Gasteiger partial charge in [-0.2, -0.15) is 13.2 Å². The van der Waals surface area contributed by atoms with Crippen molar-refractivity contribution in [2.75, 3.05) is 26.0 Å². The van der Waals surface area contributed by atoms with Crippen molar-refractivity contribution in [1.82, 2.24) is 10.6 Å². The van der Waals surface area contributed by atoms with Crippen molar-refractivity contribution >= 4 is 16.8 Å². The zero-order valence-electron chi connectivity index (χ0n) is 16.2. The maximum Gasteiger partial charge on any atom is 0.411 e. The van der Waals surface area contributed by atoms with Crippen molar-refractivity contribution in [1.29, 1.82) is 0 Å². The fourth-order valence-corrected chi connectivity index (χ4v) is 2.91. The van der Waals surface area contributed by atoms with Crippen LogP contribution in [0.15, 0.2) is 29.3 Å². The zero-order valence-corrected chi connectivity index (χ0v) is 17.0. The molecule has 0 radical (unpaired) electrons. The number of guanidine groups is 1. The molecule has 0 aliphatic rings. The van der Waals surface area contributed by atoms with Crippen molar-refractivity contribution in [2.24, 2.45) is 4.99 Å². The molecule has 0 saturated carbocycles. The monoisotopic (exact) mass is 407 g/mol. The van der Waals surface area contributed by atoms with Gasteiger partial charge in [-0.3, -0.25) is 9.20 Å². The molecule has 0 fully saturated rings. The number of nitrogens with one attached hydrogen (secondary N) is 2. The summed E-state index contributed by atoms with van der Waals surface area (Å²) in [5.41, 5.74) is 1.63. The molecule has 1 aromatic carbocycles. The summed E-state index contributed by atoms with van der Waals surface area (Å²) >= 11 is 0. The summed E-state index contributed by atoms with van der Waals surface area (Å²) in [7, 11) is 0.715. The topological polar surface area (TPSA) is 62.7 Å². The lowest BCUT2D eigenvalue weighted by Gasteiger charge is -2.18. The standard InChI is InChI=1S/C18H28F3N3O2S/c1-17(2,3)27(25)10-9-23-16(22-4)24-11-14-5-7-15(8-6-14)12-26-13-18(19,20)21/h5-8H,9-13H2,1-4H3,(H2,22,23,24). The molecule has 0 aliphatic carbocycles. The van der Waals surface area contributed by atoms with Gasteiger partial charge < -0.3 is 15.4 Å². The van der Waals surface area contributed by atoms with Crippen LogP contribution in [-0.2, 0) is 28.7 Å². The summed E-state index contributed by atoms with van der Waals surface area (Å²) in [5, 5.41) is 6.26. The van der Waals surface area contributed by atoms with Crippen molar-refractivity contribution < 1.29 is 22.1 Å². The molecule has 1 rings (SSSR count). The number of rotatable bonds is 8. The second-order valence-electron chi connectivity index (χ2n) is 6.94. The van der Waals surface area contributed by atoms with E-state index in [9.17, 15) is 17.4 Å². The average molecular weight is 408 g/mol. The minimum atomic E-state index is -4.31. The Labute approximate surface area is 161 Å². The van der Waals surface area contributed by atoms with E-state index in [1.807, 2.05) is 32.9 Å². The number of hydrogen-bond donors (Lipinski definition) is 2. The molecule has 9 heteroatoms. The second-order valence-corrected chi connectivity index (χ2v) is 9.26. The maximum absolute atomic E-state index is 12.1. The van der Waals surface area contributed by atoms with Gasteiger partial charge in [0.25, 0.3) is 0 Å². The molecule has 1 atom stereocenters. The summed E-state index contributed by atoms with van der Waals surface area (Å²) in [4.78, 5) is 4.11. The van der Waals surface area contributed by atoms with Gasteiger partial charge in [0.05, 0.1) is 6.61 Å². The van der Waals surface area contributed by atoms with Gasteiger partial charge in [-0.1, -0.05) is 24.3 Å². The van der Waals surface area contributed by atoms with E-state index in [-0.39, 0.29) is 11.4 Å². The largest absolute Gasteiger partial charge is 0.411 e. The first-order valence-corrected chi connectivity index (χ1v) is 9.88. The average Bonchev–Trinajstić information content (AvgIpc) is 2.57. The molecule has 5 nitrogen and oxygen atoms in total. The lowest BCUT2D eigenvalue weighted by molar-refractivity contribution is -0.176. The normalized spacial score (nSPS) is 14.1. The van der Waals surface area contributed by atoms with Gasteiger partial charge in [-0.05, 0) is 31.9 Å². The summed E-state index contributed by atoms with van der Waals surface area (Å²) in [5.74, 6) is 1.12. The number of benzene rings is 1. The molecule has 1 aromatic rings. The number of alkyl halides is 3. The summed E-state index contributed by atoms with van der Waals surface area (Å²) in [6.07, 6.45) is -4.31. The van der Waals surface area contributed by atoms with Crippen molar-refractivity contribution in [2.45, 2.75) is 44.8 Å². The van der Waals surface area contributed by atoms with E-state index in [2.05, 4.69) is 20.4 Å². The van der Waals surface area contributed by atoms with Crippen LogP contribution in [0, 0.1) is 0 Å². The first-order chi connectivity index (χ1) is 12.5. The van der Waals surface area contributed by atoms with Crippen LogP contribution in [0.3, 0.4) is 0 Å². The maximum atomic E-state index is 12.1. The molecule has 1 unspecified atom stereocenters. The van der Waals surface area contributed by atoms with Gasteiger partial charge in [0, 0.05) is 41.4 Å². The molecule has 0 aromatic heterocycles. The number of hydrogen-bond acceptors (Lipinski definition) is 3. The van der Waals surface area contributed by atoms with Crippen molar-refractivity contribution in [3.63, 3.8) is 0 Å². The Bertz CT molecular complexity index is 626. The van der Waals surface area contributed by atoms with E-state index in [4.69, 9.17) is 0 Å².